The fourth-order valence-electron chi connectivity index (χ4n) is 1.37. The van der Waals surface area contributed by atoms with E-state index in [2.05, 4.69) is 9.46 Å². The van der Waals surface area contributed by atoms with Crippen molar-refractivity contribution in [2.24, 2.45) is 0 Å². The molecular weight excluding hydrogens is 292 g/mol. The summed E-state index contributed by atoms with van der Waals surface area (Å²) in [5.41, 5.74) is 1.24. The van der Waals surface area contributed by atoms with Gasteiger partial charge in [-0.15, -0.1) is 11.6 Å². The van der Waals surface area contributed by atoms with Crippen molar-refractivity contribution >= 4 is 33.6 Å². The van der Waals surface area contributed by atoms with E-state index in [0.717, 1.165) is 5.56 Å². The molecule has 0 spiro atoms. The molecule has 106 valence electrons. The van der Waals surface area contributed by atoms with Crippen LogP contribution in [0.15, 0.2) is 24.3 Å². The van der Waals surface area contributed by atoms with Gasteiger partial charge in [0.25, 0.3) is 0 Å². The Kier molecular flexibility index (Phi) is 5.91. The predicted octanol–water partition coefficient (Wildman–Crippen LogP) is 1.87. The molecule has 0 bridgehead atoms. The van der Waals surface area contributed by atoms with E-state index in [-0.39, 0.29) is 12.5 Å². The molecule has 1 aromatic rings. The van der Waals surface area contributed by atoms with Gasteiger partial charge in [-0.1, -0.05) is 25.1 Å². The highest BCUT2D eigenvalue weighted by Gasteiger charge is 2.16. The lowest BCUT2D eigenvalue weighted by Crippen LogP contribution is -2.36. The first-order valence-electron chi connectivity index (χ1n) is 5.59. The van der Waals surface area contributed by atoms with Gasteiger partial charge in [0.05, 0.1) is 11.6 Å². The summed E-state index contributed by atoms with van der Waals surface area (Å²) >= 11 is 5.32. The molecule has 0 heterocycles. The predicted molar refractivity (Wildman–Crippen MR) is 73.6 cm³/mol. The Balaban J connectivity index is 2.71. The Bertz CT molecular complexity index is 533. The standard InChI is InChI=1S/C11H15ClN2O4S/c1-2-9-5-3-4-6-10(9)13-19(16,17)14-11(15)18-8-7-12/h3-6,13H,2,7-8H2,1H3,(H,14,15). The van der Waals surface area contributed by atoms with E-state index in [1.807, 2.05) is 6.92 Å². The van der Waals surface area contributed by atoms with Crippen LogP contribution >= 0.6 is 11.6 Å². The van der Waals surface area contributed by atoms with Crippen LogP contribution in [-0.4, -0.2) is 27.0 Å². The summed E-state index contributed by atoms with van der Waals surface area (Å²) in [4.78, 5) is 11.2. The largest absolute Gasteiger partial charge is 0.448 e. The van der Waals surface area contributed by atoms with Gasteiger partial charge in [0, 0.05) is 0 Å². The molecule has 0 fully saturated rings. The Morgan fingerprint density at radius 1 is 1.37 bits per heavy atom. The number of para-hydroxylation sites is 1. The zero-order valence-corrected chi connectivity index (χ0v) is 11.9. The molecule has 0 saturated carbocycles. The number of hydrogen-bond donors (Lipinski definition) is 2. The van der Waals surface area contributed by atoms with E-state index in [9.17, 15) is 13.2 Å². The van der Waals surface area contributed by atoms with Gasteiger partial charge in [-0.2, -0.15) is 8.42 Å². The minimum atomic E-state index is -4.01. The van der Waals surface area contributed by atoms with Crippen molar-refractivity contribution in [3.05, 3.63) is 29.8 Å². The molecule has 1 amide bonds. The number of halogens is 1. The summed E-state index contributed by atoms with van der Waals surface area (Å²) in [6, 6.07) is 6.91. The van der Waals surface area contributed by atoms with E-state index in [1.54, 1.807) is 29.0 Å². The molecule has 0 aliphatic rings. The van der Waals surface area contributed by atoms with Gasteiger partial charge in [-0.3, -0.25) is 4.72 Å². The van der Waals surface area contributed by atoms with Crippen LogP contribution < -0.4 is 9.44 Å². The number of ether oxygens (including phenoxy) is 1. The zero-order valence-electron chi connectivity index (χ0n) is 10.3. The van der Waals surface area contributed by atoms with Crippen molar-refractivity contribution in [1.82, 2.24) is 4.72 Å². The van der Waals surface area contributed by atoms with Gasteiger partial charge in [-0.05, 0) is 18.1 Å². The van der Waals surface area contributed by atoms with Crippen molar-refractivity contribution < 1.29 is 17.9 Å². The van der Waals surface area contributed by atoms with Gasteiger partial charge in [0.15, 0.2) is 0 Å². The first-order valence-corrected chi connectivity index (χ1v) is 7.61. The van der Waals surface area contributed by atoms with Crippen molar-refractivity contribution in [2.45, 2.75) is 13.3 Å². The maximum atomic E-state index is 11.7. The van der Waals surface area contributed by atoms with E-state index >= 15 is 0 Å². The summed E-state index contributed by atoms with van der Waals surface area (Å²) < 4.78 is 31.9. The van der Waals surface area contributed by atoms with Gasteiger partial charge in [0.1, 0.15) is 6.61 Å². The minimum absolute atomic E-state index is 0.0611. The highest BCUT2D eigenvalue weighted by Crippen LogP contribution is 2.16. The van der Waals surface area contributed by atoms with Crippen molar-refractivity contribution in [3.63, 3.8) is 0 Å². The minimum Gasteiger partial charge on any atom is -0.448 e. The molecule has 0 aromatic heterocycles. The molecule has 6 nitrogen and oxygen atoms in total. The lowest BCUT2D eigenvalue weighted by molar-refractivity contribution is 0.159. The molecule has 1 rings (SSSR count). The fourth-order valence-corrected chi connectivity index (χ4v) is 2.26. The number of carbonyl (C=O) groups excluding carboxylic acids is 1. The topological polar surface area (TPSA) is 84.5 Å². The SMILES string of the molecule is CCc1ccccc1NS(=O)(=O)NC(=O)OCCCl. The number of alkyl halides is 1. The normalized spacial score (nSPS) is 10.8. The number of benzene rings is 1. The fraction of sp³-hybridized carbons (Fsp3) is 0.364. The lowest BCUT2D eigenvalue weighted by Gasteiger charge is -2.12. The molecule has 0 unspecified atom stereocenters. The second-order valence-corrected chi connectivity index (χ2v) is 5.34. The third-order valence-electron chi connectivity index (χ3n) is 2.17. The number of amides is 1. The van der Waals surface area contributed by atoms with Gasteiger partial charge >= 0.3 is 16.3 Å². The first kappa shape index (κ1) is 15.6. The molecule has 0 atom stereocenters. The van der Waals surface area contributed by atoms with E-state index in [4.69, 9.17) is 11.6 Å². The van der Waals surface area contributed by atoms with E-state index < -0.39 is 16.3 Å². The van der Waals surface area contributed by atoms with Crippen molar-refractivity contribution in [3.8, 4) is 0 Å². The molecule has 0 aliphatic carbocycles. The Hall–Kier alpha value is -1.47. The molecule has 19 heavy (non-hydrogen) atoms. The zero-order chi connectivity index (χ0) is 14.3. The maximum absolute atomic E-state index is 11.7. The number of carbonyl (C=O) groups is 1. The van der Waals surface area contributed by atoms with Crippen LogP contribution in [0, 0.1) is 0 Å². The Labute approximate surface area is 117 Å². The van der Waals surface area contributed by atoms with Crippen LogP contribution in [0.5, 0.6) is 0 Å². The van der Waals surface area contributed by atoms with Crippen LogP contribution in [0.2, 0.25) is 0 Å². The number of anilines is 1. The molecular formula is C11H15ClN2O4S. The smallest absolute Gasteiger partial charge is 0.422 e. The average molecular weight is 307 g/mol. The summed E-state index contributed by atoms with van der Waals surface area (Å²) in [7, 11) is -4.01. The van der Waals surface area contributed by atoms with Crippen LogP contribution in [0.3, 0.4) is 0 Å². The quantitative estimate of drug-likeness (QED) is 0.786. The maximum Gasteiger partial charge on any atom is 0.422 e. The Morgan fingerprint density at radius 3 is 2.68 bits per heavy atom. The van der Waals surface area contributed by atoms with Crippen LogP contribution in [0.25, 0.3) is 0 Å². The second kappa shape index (κ2) is 7.20. The van der Waals surface area contributed by atoms with Crippen LogP contribution in [0.4, 0.5) is 10.5 Å². The number of rotatable bonds is 6. The van der Waals surface area contributed by atoms with E-state index in [1.165, 1.54) is 0 Å². The third-order valence-corrected chi connectivity index (χ3v) is 3.25. The number of aryl methyl sites for hydroxylation is 1. The molecule has 8 heteroatoms. The monoisotopic (exact) mass is 306 g/mol. The summed E-state index contributed by atoms with van der Waals surface area (Å²) in [6.07, 6.45) is -0.405. The van der Waals surface area contributed by atoms with Crippen molar-refractivity contribution in [2.75, 3.05) is 17.2 Å². The average Bonchev–Trinajstić information content (AvgIpc) is 2.36. The summed E-state index contributed by atoms with van der Waals surface area (Å²) in [6.45, 7) is 1.84. The Morgan fingerprint density at radius 2 is 2.05 bits per heavy atom. The number of hydrogen-bond acceptors (Lipinski definition) is 4. The highest BCUT2D eigenvalue weighted by atomic mass is 35.5. The third kappa shape index (κ3) is 5.35. The van der Waals surface area contributed by atoms with Gasteiger partial charge in [-0.25, -0.2) is 9.52 Å². The first-order chi connectivity index (χ1) is 8.98. The molecule has 1 aromatic carbocycles. The summed E-state index contributed by atoms with van der Waals surface area (Å²) in [5.74, 6) is 0.0968. The van der Waals surface area contributed by atoms with Crippen molar-refractivity contribution in [1.29, 1.82) is 0 Å². The lowest BCUT2D eigenvalue weighted by atomic mass is 10.1. The van der Waals surface area contributed by atoms with E-state index in [0.29, 0.717) is 12.1 Å². The van der Waals surface area contributed by atoms with Crippen LogP contribution in [-0.2, 0) is 21.4 Å². The van der Waals surface area contributed by atoms with Gasteiger partial charge in [0.2, 0.25) is 0 Å². The molecule has 0 saturated heterocycles. The molecule has 2 N–H and O–H groups in total. The molecule has 0 radical (unpaired) electrons. The second-order valence-electron chi connectivity index (χ2n) is 3.54. The highest BCUT2D eigenvalue weighted by molar-refractivity contribution is 7.91. The summed E-state index contributed by atoms with van der Waals surface area (Å²) in [5, 5.41) is 0. The van der Waals surface area contributed by atoms with Crippen LogP contribution in [0.1, 0.15) is 12.5 Å². The number of nitrogens with one attached hydrogen (secondary N) is 2. The van der Waals surface area contributed by atoms with Gasteiger partial charge < -0.3 is 4.74 Å². The molecule has 0 aliphatic heterocycles.